The van der Waals surface area contributed by atoms with E-state index in [9.17, 15) is 9.59 Å². The third-order valence-electron chi connectivity index (χ3n) is 2.61. The lowest BCUT2D eigenvalue weighted by atomic mass is 10.0. The fourth-order valence-electron chi connectivity index (χ4n) is 1.66. The largest absolute Gasteiger partial charge is 0.342 e. The second-order valence-corrected chi connectivity index (χ2v) is 4.09. The number of benzene rings is 2. The Morgan fingerprint density at radius 3 is 2.24 bits per heavy atom. The minimum atomic E-state index is -0.500. The Bertz CT molecular complexity index is 588. The smallest absolute Gasteiger partial charge is 0.294 e. The van der Waals surface area contributed by atoms with Gasteiger partial charge in [-0.3, -0.25) is 9.59 Å². The van der Waals surface area contributed by atoms with Gasteiger partial charge in [0.2, 0.25) is 5.78 Å². The Labute approximate surface area is 99.7 Å². The van der Waals surface area contributed by atoms with Gasteiger partial charge in [0.15, 0.2) is 0 Å². The Morgan fingerprint density at radius 2 is 1.59 bits per heavy atom. The average Bonchev–Trinajstić information content (AvgIpc) is 2.36. The Morgan fingerprint density at radius 1 is 0.941 bits per heavy atom. The van der Waals surface area contributed by atoms with Crippen LogP contribution in [0.25, 0.3) is 10.8 Å². The summed E-state index contributed by atoms with van der Waals surface area (Å²) >= 11 is 0. The van der Waals surface area contributed by atoms with Crippen molar-refractivity contribution in [3.63, 3.8) is 0 Å². The summed E-state index contributed by atoms with van der Waals surface area (Å²) in [6.07, 6.45) is 0. The molecule has 2 aromatic rings. The maximum absolute atomic E-state index is 11.8. The first-order chi connectivity index (χ1) is 8.09. The number of fused-ring (bicyclic) bond motifs is 1. The van der Waals surface area contributed by atoms with Crippen LogP contribution in [-0.4, -0.2) is 30.7 Å². The van der Waals surface area contributed by atoms with Gasteiger partial charge in [0.25, 0.3) is 5.91 Å². The van der Waals surface area contributed by atoms with Crippen LogP contribution in [-0.2, 0) is 4.79 Å². The predicted octanol–water partition coefficient (Wildman–Crippen LogP) is 2.11. The zero-order chi connectivity index (χ0) is 12.4. The van der Waals surface area contributed by atoms with Gasteiger partial charge in [0.05, 0.1) is 0 Å². The summed E-state index contributed by atoms with van der Waals surface area (Å²) in [5.41, 5.74) is 0.433. The molecule has 0 bridgehead atoms. The van der Waals surface area contributed by atoms with Crippen molar-refractivity contribution in [2.75, 3.05) is 14.1 Å². The van der Waals surface area contributed by atoms with Gasteiger partial charge in [-0.05, 0) is 16.8 Å². The highest BCUT2D eigenvalue weighted by molar-refractivity contribution is 6.42. The van der Waals surface area contributed by atoms with Crippen LogP contribution in [0.2, 0.25) is 0 Å². The molecule has 0 spiro atoms. The maximum Gasteiger partial charge on any atom is 0.294 e. The molecular formula is C14H13NO2. The first kappa shape index (κ1) is 11.3. The minimum absolute atomic E-state index is 0.433. The molecule has 1 amide bonds. The quantitative estimate of drug-likeness (QED) is 0.582. The van der Waals surface area contributed by atoms with Crippen LogP contribution in [0.15, 0.2) is 42.5 Å². The molecule has 0 N–H and O–H groups in total. The topological polar surface area (TPSA) is 37.4 Å². The molecule has 0 atom stereocenters. The molecule has 0 heterocycles. The number of Topliss-reactive ketones (excluding diaryl/α,β-unsaturated/α-hetero) is 1. The molecule has 2 aromatic carbocycles. The van der Waals surface area contributed by atoms with Gasteiger partial charge in [-0.1, -0.05) is 36.4 Å². The number of carbonyl (C=O) groups is 2. The molecule has 0 saturated carbocycles. The van der Waals surface area contributed by atoms with E-state index in [0.29, 0.717) is 5.56 Å². The number of rotatable bonds is 2. The van der Waals surface area contributed by atoms with E-state index < -0.39 is 11.7 Å². The molecule has 0 aliphatic carbocycles. The Hall–Kier alpha value is -2.16. The summed E-state index contributed by atoms with van der Waals surface area (Å²) in [4.78, 5) is 24.7. The van der Waals surface area contributed by atoms with Crippen LogP contribution in [0.3, 0.4) is 0 Å². The molecule has 0 aromatic heterocycles. The van der Waals surface area contributed by atoms with Crippen molar-refractivity contribution in [1.29, 1.82) is 0 Å². The van der Waals surface area contributed by atoms with Crippen molar-refractivity contribution >= 4 is 22.5 Å². The van der Waals surface area contributed by atoms with Crippen LogP contribution in [0.5, 0.6) is 0 Å². The van der Waals surface area contributed by atoms with Gasteiger partial charge in [-0.15, -0.1) is 0 Å². The lowest BCUT2D eigenvalue weighted by Gasteiger charge is -2.09. The second kappa shape index (κ2) is 4.37. The van der Waals surface area contributed by atoms with E-state index in [1.54, 1.807) is 26.2 Å². The van der Waals surface area contributed by atoms with Crippen LogP contribution < -0.4 is 0 Å². The highest BCUT2D eigenvalue weighted by Gasteiger charge is 2.17. The van der Waals surface area contributed by atoms with Crippen molar-refractivity contribution in [3.8, 4) is 0 Å². The van der Waals surface area contributed by atoms with Crippen LogP contribution in [0.4, 0.5) is 0 Å². The summed E-state index contributed by atoms with van der Waals surface area (Å²) < 4.78 is 0. The number of carbonyl (C=O) groups excluding carboxylic acids is 2. The molecule has 0 saturated heterocycles. The van der Waals surface area contributed by atoms with Crippen LogP contribution in [0.1, 0.15) is 10.4 Å². The third-order valence-corrected chi connectivity index (χ3v) is 2.61. The molecule has 17 heavy (non-hydrogen) atoms. The van der Waals surface area contributed by atoms with Crippen molar-refractivity contribution in [2.24, 2.45) is 0 Å². The summed E-state index contributed by atoms with van der Waals surface area (Å²) in [7, 11) is 3.14. The lowest BCUT2D eigenvalue weighted by Crippen LogP contribution is -2.29. The standard InChI is InChI=1S/C14H13NO2/c1-15(2)14(17)13(16)12-8-7-10-5-3-4-6-11(10)9-12/h3-9H,1-2H3. The van der Waals surface area contributed by atoms with Gasteiger partial charge >= 0.3 is 0 Å². The molecule has 2 rings (SSSR count). The van der Waals surface area contributed by atoms with Gasteiger partial charge in [-0.2, -0.15) is 0 Å². The fraction of sp³-hybridized carbons (Fsp3) is 0.143. The minimum Gasteiger partial charge on any atom is -0.342 e. The number of amides is 1. The number of hydrogen-bond acceptors (Lipinski definition) is 2. The van der Waals surface area contributed by atoms with E-state index in [2.05, 4.69) is 0 Å². The maximum atomic E-state index is 11.8. The van der Waals surface area contributed by atoms with Gasteiger partial charge in [0, 0.05) is 19.7 Å². The number of nitrogens with zero attached hydrogens (tertiary/aromatic N) is 1. The zero-order valence-electron chi connectivity index (χ0n) is 9.81. The van der Waals surface area contributed by atoms with E-state index in [1.807, 2.05) is 30.3 Å². The lowest BCUT2D eigenvalue weighted by molar-refractivity contribution is -0.124. The molecule has 0 fully saturated rings. The second-order valence-electron chi connectivity index (χ2n) is 4.09. The number of likely N-dealkylation sites (N-methyl/N-ethyl adjacent to an activating group) is 1. The van der Waals surface area contributed by atoms with E-state index in [4.69, 9.17) is 0 Å². The predicted molar refractivity (Wildman–Crippen MR) is 67.0 cm³/mol. The van der Waals surface area contributed by atoms with Crippen molar-refractivity contribution in [1.82, 2.24) is 4.90 Å². The van der Waals surface area contributed by atoms with Crippen molar-refractivity contribution < 1.29 is 9.59 Å². The molecule has 3 nitrogen and oxygen atoms in total. The molecule has 86 valence electrons. The van der Waals surface area contributed by atoms with Crippen LogP contribution in [0, 0.1) is 0 Å². The Balaban J connectivity index is 2.43. The summed E-state index contributed by atoms with van der Waals surface area (Å²) in [6.45, 7) is 0. The monoisotopic (exact) mass is 227 g/mol. The first-order valence-corrected chi connectivity index (χ1v) is 5.34. The van der Waals surface area contributed by atoms with Crippen molar-refractivity contribution in [2.45, 2.75) is 0 Å². The fourth-order valence-corrected chi connectivity index (χ4v) is 1.66. The molecule has 0 aliphatic rings. The Kier molecular flexibility index (Phi) is 2.91. The van der Waals surface area contributed by atoms with E-state index in [-0.39, 0.29) is 0 Å². The molecule has 0 unspecified atom stereocenters. The number of ketones is 1. The molecule has 0 aliphatic heterocycles. The summed E-state index contributed by atoms with van der Waals surface area (Å²) in [5, 5.41) is 2.02. The van der Waals surface area contributed by atoms with E-state index in [1.165, 1.54) is 4.90 Å². The molecule has 0 radical (unpaired) electrons. The highest BCUT2D eigenvalue weighted by atomic mass is 16.2. The normalized spacial score (nSPS) is 10.2. The molecular weight excluding hydrogens is 214 g/mol. The number of hydrogen-bond donors (Lipinski definition) is 0. The molecule has 3 heteroatoms. The highest BCUT2D eigenvalue weighted by Crippen LogP contribution is 2.16. The first-order valence-electron chi connectivity index (χ1n) is 5.34. The van der Waals surface area contributed by atoms with Gasteiger partial charge in [0.1, 0.15) is 0 Å². The average molecular weight is 227 g/mol. The summed E-state index contributed by atoms with van der Waals surface area (Å²) in [5.74, 6) is -0.971. The van der Waals surface area contributed by atoms with Gasteiger partial charge in [-0.25, -0.2) is 0 Å². The van der Waals surface area contributed by atoms with E-state index in [0.717, 1.165) is 10.8 Å². The van der Waals surface area contributed by atoms with Crippen LogP contribution >= 0.6 is 0 Å². The summed E-state index contributed by atoms with van der Waals surface area (Å²) in [6, 6.07) is 13.0. The van der Waals surface area contributed by atoms with Gasteiger partial charge < -0.3 is 4.90 Å². The van der Waals surface area contributed by atoms with Crippen molar-refractivity contribution in [3.05, 3.63) is 48.0 Å². The zero-order valence-corrected chi connectivity index (χ0v) is 9.81. The third kappa shape index (κ3) is 2.18. The van der Waals surface area contributed by atoms with E-state index >= 15 is 0 Å². The SMILES string of the molecule is CN(C)C(=O)C(=O)c1ccc2ccccc2c1.